The van der Waals surface area contributed by atoms with Gasteiger partial charge in [-0.05, 0) is 37.8 Å². The van der Waals surface area contributed by atoms with Gasteiger partial charge in [-0.25, -0.2) is 0 Å². The highest BCUT2D eigenvalue weighted by atomic mass is 35.5. The van der Waals surface area contributed by atoms with Crippen molar-refractivity contribution in [2.75, 3.05) is 0 Å². The molecule has 0 spiro atoms. The molecule has 1 nitrogen and oxygen atoms in total. The Labute approximate surface area is 94.0 Å². The molecule has 1 heterocycles. The van der Waals surface area contributed by atoms with E-state index in [1.165, 1.54) is 5.56 Å². The van der Waals surface area contributed by atoms with Gasteiger partial charge in [0.1, 0.15) is 10.8 Å². The van der Waals surface area contributed by atoms with Crippen molar-refractivity contribution in [3.8, 4) is 5.75 Å². The average molecular weight is 231 g/mol. The maximum atomic E-state index is 6.12. The van der Waals surface area contributed by atoms with Crippen LogP contribution in [0.1, 0.15) is 24.5 Å². The molecule has 3 heteroatoms. The van der Waals surface area contributed by atoms with Gasteiger partial charge in [0, 0.05) is 0 Å². The van der Waals surface area contributed by atoms with Crippen molar-refractivity contribution in [1.29, 1.82) is 0 Å². The van der Waals surface area contributed by atoms with Crippen molar-refractivity contribution in [3.63, 3.8) is 0 Å². The van der Waals surface area contributed by atoms with E-state index in [2.05, 4.69) is 6.07 Å². The minimum absolute atomic E-state index is 0.235. The number of fused-ring (bicyclic) bond motifs is 1. The van der Waals surface area contributed by atoms with Gasteiger partial charge in [-0.3, -0.25) is 0 Å². The maximum absolute atomic E-state index is 6.12. The summed E-state index contributed by atoms with van der Waals surface area (Å²) in [7, 11) is 0. The maximum Gasteiger partial charge on any atom is 0.143 e. The van der Waals surface area contributed by atoms with Gasteiger partial charge in [-0.1, -0.05) is 29.3 Å². The molecule has 1 aromatic carbocycles. The zero-order chi connectivity index (χ0) is 10.3. The lowest BCUT2D eigenvalue weighted by molar-refractivity contribution is 0.192. The van der Waals surface area contributed by atoms with Crippen LogP contribution in [0.5, 0.6) is 5.75 Å². The fraction of sp³-hybridized carbons (Fsp3) is 0.455. The van der Waals surface area contributed by atoms with Crippen LogP contribution in [0.2, 0.25) is 10.0 Å². The highest BCUT2D eigenvalue weighted by Crippen LogP contribution is 2.41. The lowest BCUT2D eigenvalue weighted by Crippen LogP contribution is -2.19. The first-order valence-electron chi connectivity index (χ1n) is 4.73. The molecule has 1 aliphatic rings. The van der Waals surface area contributed by atoms with Crippen LogP contribution in [0.4, 0.5) is 0 Å². The van der Waals surface area contributed by atoms with Crippen LogP contribution < -0.4 is 4.74 Å². The third-order valence-electron chi connectivity index (χ3n) is 2.56. The normalized spacial score (nSPS) is 20.1. The Morgan fingerprint density at radius 3 is 2.79 bits per heavy atom. The molecular weight excluding hydrogens is 219 g/mol. The number of ether oxygens (including phenoxy) is 1. The number of aryl methyl sites for hydroxylation is 2. The predicted octanol–water partition coefficient (Wildman–Crippen LogP) is 4.02. The minimum Gasteiger partial charge on any atom is -0.489 e. The van der Waals surface area contributed by atoms with E-state index in [9.17, 15) is 0 Å². The quantitative estimate of drug-likeness (QED) is 0.655. The second kappa shape index (κ2) is 3.63. The summed E-state index contributed by atoms with van der Waals surface area (Å²) in [6, 6.07) is 2.06. The molecule has 1 aromatic rings. The first-order valence-corrected chi connectivity index (χ1v) is 5.49. The smallest absolute Gasteiger partial charge is 0.143 e. The van der Waals surface area contributed by atoms with Crippen molar-refractivity contribution in [1.82, 2.24) is 0 Å². The first kappa shape index (κ1) is 10.1. The molecule has 0 aromatic heterocycles. The molecule has 0 aliphatic carbocycles. The highest BCUT2D eigenvalue weighted by Gasteiger charge is 2.21. The van der Waals surface area contributed by atoms with Gasteiger partial charge in [-0.2, -0.15) is 0 Å². The van der Waals surface area contributed by atoms with E-state index in [1.54, 1.807) is 0 Å². The van der Waals surface area contributed by atoms with Crippen molar-refractivity contribution in [3.05, 3.63) is 27.2 Å². The highest BCUT2D eigenvalue weighted by molar-refractivity contribution is 6.43. The van der Waals surface area contributed by atoms with Crippen molar-refractivity contribution >= 4 is 23.2 Å². The summed E-state index contributed by atoms with van der Waals surface area (Å²) in [6.07, 6.45) is 2.30. The van der Waals surface area contributed by atoms with Gasteiger partial charge in [0.2, 0.25) is 0 Å². The van der Waals surface area contributed by atoms with Gasteiger partial charge in [0.25, 0.3) is 0 Å². The number of halogens is 2. The topological polar surface area (TPSA) is 9.23 Å². The number of hydrogen-bond acceptors (Lipinski definition) is 1. The Bertz CT molecular complexity index is 374. The van der Waals surface area contributed by atoms with Crippen LogP contribution in [-0.2, 0) is 6.42 Å². The Balaban J connectivity index is 2.55. The lowest BCUT2D eigenvalue weighted by Gasteiger charge is -2.25. The Hall–Kier alpha value is -0.400. The molecule has 0 fully saturated rings. The number of hydrogen-bond donors (Lipinski definition) is 0. The van der Waals surface area contributed by atoms with Gasteiger partial charge >= 0.3 is 0 Å². The second-order valence-corrected chi connectivity index (χ2v) is 4.53. The molecule has 2 rings (SSSR count). The Morgan fingerprint density at radius 2 is 2.07 bits per heavy atom. The second-order valence-electron chi connectivity index (χ2n) is 3.78. The summed E-state index contributed by atoms with van der Waals surface area (Å²) in [5, 5.41) is 1.17. The molecule has 0 saturated carbocycles. The average Bonchev–Trinajstić information content (AvgIpc) is 2.16. The van der Waals surface area contributed by atoms with E-state index in [4.69, 9.17) is 27.9 Å². The monoisotopic (exact) mass is 230 g/mol. The fourth-order valence-corrected chi connectivity index (χ4v) is 2.19. The fourth-order valence-electron chi connectivity index (χ4n) is 1.74. The molecule has 1 aliphatic heterocycles. The van der Waals surface area contributed by atoms with Crippen LogP contribution in [0, 0.1) is 6.92 Å². The molecule has 0 N–H and O–H groups in total. The van der Waals surface area contributed by atoms with Gasteiger partial charge < -0.3 is 4.74 Å². The Kier molecular flexibility index (Phi) is 2.63. The van der Waals surface area contributed by atoms with Gasteiger partial charge in [-0.15, -0.1) is 0 Å². The number of rotatable bonds is 0. The van der Waals surface area contributed by atoms with E-state index in [-0.39, 0.29) is 6.10 Å². The zero-order valence-electron chi connectivity index (χ0n) is 8.23. The standard InChI is InChI=1S/C11H12Cl2O/c1-6-5-8-4-3-7(2)14-11(8)10(13)9(6)12/h5,7H,3-4H2,1-2H3. The summed E-state index contributed by atoms with van der Waals surface area (Å²) in [6.45, 7) is 4.01. The van der Waals surface area contributed by atoms with Crippen molar-refractivity contribution in [2.24, 2.45) is 0 Å². The molecule has 76 valence electrons. The minimum atomic E-state index is 0.235. The summed E-state index contributed by atoms with van der Waals surface area (Å²) in [4.78, 5) is 0. The Morgan fingerprint density at radius 1 is 1.36 bits per heavy atom. The van der Waals surface area contributed by atoms with Crippen LogP contribution in [0.3, 0.4) is 0 Å². The van der Waals surface area contributed by atoms with Gasteiger partial charge in [0.15, 0.2) is 0 Å². The van der Waals surface area contributed by atoms with Crippen molar-refractivity contribution in [2.45, 2.75) is 32.8 Å². The molecule has 1 atom stereocenters. The summed E-state index contributed by atoms with van der Waals surface area (Å²) >= 11 is 12.2. The van der Waals surface area contributed by atoms with Crippen LogP contribution in [0.25, 0.3) is 0 Å². The number of benzene rings is 1. The molecule has 14 heavy (non-hydrogen) atoms. The summed E-state index contributed by atoms with van der Waals surface area (Å²) < 4.78 is 5.68. The summed E-state index contributed by atoms with van der Waals surface area (Å²) in [5.74, 6) is 0.779. The van der Waals surface area contributed by atoms with Crippen LogP contribution in [0.15, 0.2) is 6.07 Å². The third-order valence-corrected chi connectivity index (χ3v) is 3.50. The first-order chi connectivity index (χ1) is 6.59. The SMILES string of the molecule is Cc1cc2c(c(Cl)c1Cl)OC(C)CC2. The molecular formula is C11H12Cl2O. The van der Waals surface area contributed by atoms with E-state index < -0.39 is 0 Å². The van der Waals surface area contributed by atoms with E-state index in [1.807, 2.05) is 13.8 Å². The molecule has 1 unspecified atom stereocenters. The van der Waals surface area contributed by atoms with E-state index in [0.717, 1.165) is 24.2 Å². The predicted molar refractivity (Wildman–Crippen MR) is 59.6 cm³/mol. The lowest BCUT2D eigenvalue weighted by atomic mass is 10.0. The van der Waals surface area contributed by atoms with Crippen LogP contribution in [-0.4, -0.2) is 6.10 Å². The molecule has 0 saturated heterocycles. The molecule has 0 amide bonds. The largest absolute Gasteiger partial charge is 0.489 e. The van der Waals surface area contributed by atoms with Crippen molar-refractivity contribution < 1.29 is 4.74 Å². The zero-order valence-corrected chi connectivity index (χ0v) is 9.74. The third kappa shape index (κ3) is 1.59. The van der Waals surface area contributed by atoms with E-state index >= 15 is 0 Å². The molecule has 0 bridgehead atoms. The molecule has 0 radical (unpaired) electrons. The van der Waals surface area contributed by atoms with Gasteiger partial charge in [0.05, 0.1) is 11.1 Å². The summed E-state index contributed by atoms with van der Waals surface area (Å²) in [5.41, 5.74) is 2.20. The van der Waals surface area contributed by atoms with E-state index in [0.29, 0.717) is 10.0 Å². The van der Waals surface area contributed by atoms with Crippen LogP contribution >= 0.6 is 23.2 Å².